The van der Waals surface area contributed by atoms with Gasteiger partial charge in [-0.25, -0.2) is 0 Å². The van der Waals surface area contributed by atoms with Gasteiger partial charge in [-0.15, -0.1) is 0 Å². The highest BCUT2D eigenvalue weighted by Gasteiger charge is 2.23. The molecular weight excluding hydrogens is 478 g/mol. The number of benzene rings is 3. The maximum absolute atomic E-state index is 11.9. The lowest BCUT2D eigenvalue weighted by Gasteiger charge is -2.26. The molecule has 0 aliphatic carbocycles. The summed E-state index contributed by atoms with van der Waals surface area (Å²) in [6.45, 7) is 5.19. The lowest BCUT2D eigenvalue weighted by atomic mass is 9.78. The molecule has 7 heteroatoms. The third-order valence-corrected chi connectivity index (χ3v) is 6.97. The molecule has 1 N–H and O–H groups in total. The molecule has 1 aliphatic rings. The summed E-state index contributed by atoms with van der Waals surface area (Å²) in [7, 11) is 1.58. The first-order valence-corrected chi connectivity index (χ1v) is 12.4. The summed E-state index contributed by atoms with van der Waals surface area (Å²) >= 11 is 6.27. The number of thiocarbonyl (C=S) groups is 1. The first-order chi connectivity index (χ1) is 16.9. The number of rotatable bonds is 9. The number of nitrogens with one attached hydrogen (secondary N) is 1. The molecule has 0 aromatic heterocycles. The second kappa shape index (κ2) is 11.0. The van der Waals surface area contributed by atoms with Gasteiger partial charge in [-0.3, -0.25) is 4.79 Å². The molecule has 4 rings (SSSR count). The zero-order valence-electron chi connectivity index (χ0n) is 19.9. The standard InChI is InChI=1S/C28H27NO4S2/c1-28(2,20-7-5-4-6-8-20)21-10-12-22(13-11-21)32-15-16-33-23-14-9-19(17-24(23)31-3)18-25-26(30)29-27(34)35-25/h4-14,17-18H,15-16H2,1-3H3,(H,29,30,34)/b25-18-. The molecule has 180 valence electrons. The lowest BCUT2D eigenvalue weighted by molar-refractivity contribution is -0.115. The van der Waals surface area contributed by atoms with Crippen LogP contribution in [0.15, 0.2) is 77.7 Å². The van der Waals surface area contributed by atoms with Crippen LogP contribution in [-0.2, 0) is 10.2 Å². The van der Waals surface area contributed by atoms with E-state index in [0.29, 0.717) is 33.9 Å². The largest absolute Gasteiger partial charge is 0.493 e. The smallest absolute Gasteiger partial charge is 0.263 e. The second-order valence-corrected chi connectivity index (χ2v) is 10.2. The van der Waals surface area contributed by atoms with Crippen LogP contribution in [0.1, 0.15) is 30.5 Å². The van der Waals surface area contributed by atoms with Crippen LogP contribution in [0.4, 0.5) is 0 Å². The number of amides is 1. The van der Waals surface area contributed by atoms with Gasteiger partial charge < -0.3 is 19.5 Å². The van der Waals surface area contributed by atoms with Crippen LogP contribution >= 0.6 is 24.0 Å². The molecule has 3 aromatic rings. The van der Waals surface area contributed by atoms with Crippen LogP contribution in [0.2, 0.25) is 0 Å². The van der Waals surface area contributed by atoms with Gasteiger partial charge in [0, 0.05) is 5.41 Å². The minimum Gasteiger partial charge on any atom is -0.493 e. The summed E-state index contributed by atoms with van der Waals surface area (Å²) in [6.07, 6.45) is 1.78. The van der Waals surface area contributed by atoms with Crippen LogP contribution in [0.5, 0.6) is 17.2 Å². The third kappa shape index (κ3) is 6.05. The Kier molecular flexibility index (Phi) is 7.78. The van der Waals surface area contributed by atoms with Crippen molar-refractivity contribution in [3.63, 3.8) is 0 Å². The molecule has 0 radical (unpaired) electrons. The molecule has 1 heterocycles. The second-order valence-electron chi connectivity index (χ2n) is 8.47. The van der Waals surface area contributed by atoms with Crippen molar-refractivity contribution < 1.29 is 19.0 Å². The number of carbonyl (C=O) groups excluding carboxylic acids is 1. The monoisotopic (exact) mass is 505 g/mol. The summed E-state index contributed by atoms with van der Waals surface area (Å²) in [6, 6.07) is 24.2. The van der Waals surface area contributed by atoms with E-state index in [1.807, 2.05) is 36.4 Å². The van der Waals surface area contributed by atoms with Crippen molar-refractivity contribution in [1.82, 2.24) is 5.32 Å². The molecule has 0 unspecified atom stereocenters. The van der Waals surface area contributed by atoms with Gasteiger partial charge in [-0.1, -0.05) is 86.4 Å². The Hall–Kier alpha value is -3.29. The predicted molar refractivity (Wildman–Crippen MR) is 145 cm³/mol. The highest BCUT2D eigenvalue weighted by atomic mass is 32.2. The number of hydrogen-bond donors (Lipinski definition) is 1. The van der Waals surface area contributed by atoms with E-state index >= 15 is 0 Å². The Bertz CT molecular complexity index is 1240. The molecule has 3 aromatic carbocycles. The van der Waals surface area contributed by atoms with Gasteiger partial charge >= 0.3 is 0 Å². The van der Waals surface area contributed by atoms with E-state index in [9.17, 15) is 4.79 Å². The van der Waals surface area contributed by atoms with Crippen LogP contribution in [0.3, 0.4) is 0 Å². The van der Waals surface area contributed by atoms with Gasteiger partial charge in [-0.05, 0) is 47.0 Å². The molecule has 0 bridgehead atoms. The molecule has 35 heavy (non-hydrogen) atoms. The summed E-state index contributed by atoms with van der Waals surface area (Å²) < 4.78 is 17.7. The Labute approximate surface area is 215 Å². The third-order valence-electron chi connectivity index (χ3n) is 5.81. The van der Waals surface area contributed by atoms with E-state index in [0.717, 1.165) is 11.3 Å². The highest BCUT2D eigenvalue weighted by molar-refractivity contribution is 8.26. The zero-order chi connectivity index (χ0) is 24.8. The maximum atomic E-state index is 11.9. The summed E-state index contributed by atoms with van der Waals surface area (Å²) in [5.41, 5.74) is 3.23. The van der Waals surface area contributed by atoms with Crippen molar-refractivity contribution >= 4 is 40.3 Å². The minimum absolute atomic E-state index is 0.0896. The fraction of sp³-hybridized carbons (Fsp3) is 0.214. The average Bonchev–Trinajstić information content (AvgIpc) is 3.19. The first-order valence-electron chi connectivity index (χ1n) is 11.2. The van der Waals surface area contributed by atoms with Crippen molar-refractivity contribution in [2.75, 3.05) is 20.3 Å². The van der Waals surface area contributed by atoms with Crippen molar-refractivity contribution in [2.45, 2.75) is 19.3 Å². The average molecular weight is 506 g/mol. The predicted octanol–water partition coefficient (Wildman–Crippen LogP) is 5.97. The summed E-state index contributed by atoms with van der Waals surface area (Å²) in [4.78, 5) is 12.4. The first kappa shape index (κ1) is 24.8. The SMILES string of the molecule is COc1cc(/C=C2\SC(=S)NC2=O)ccc1OCCOc1ccc(C(C)(C)c2ccccc2)cc1. The fourth-order valence-electron chi connectivity index (χ4n) is 3.77. The van der Waals surface area contributed by atoms with Gasteiger partial charge in [0.1, 0.15) is 23.3 Å². The highest BCUT2D eigenvalue weighted by Crippen LogP contribution is 2.33. The van der Waals surface area contributed by atoms with E-state index in [2.05, 4.69) is 55.6 Å². The molecule has 1 aliphatic heterocycles. The molecular formula is C28H27NO4S2. The van der Waals surface area contributed by atoms with E-state index in [4.69, 9.17) is 26.4 Å². The van der Waals surface area contributed by atoms with Crippen molar-refractivity contribution in [3.8, 4) is 17.2 Å². The maximum Gasteiger partial charge on any atom is 0.263 e. The molecule has 1 fully saturated rings. The number of methoxy groups -OCH3 is 1. The Balaban J connectivity index is 1.32. The van der Waals surface area contributed by atoms with E-state index in [1.165, 1.54) is 22.9 Å². The summed E-state index contributed by atoms with van der Waals surface area (Å²) in [5, 5.41) is 2.61. The van der Waals surface area contributed by atoms with E-state index < -0.39 is 0 Å². The van der Waals surface area contributed by atoms with Crippen molar-refractivity contribution in [3.05, 3.63) is 94.4 Å². The van der Waals surface area contributed by atoms with Gasteiger partial charge in [0.05, 0.1) is 12.0 Å². The molecule has 1 amide bonds. The molecule has 1 saturated heterocycles. The quantitative estimate of drug-likeness (QED) is 0.220. The Morgan fingerprint density at radius 3 is 2.26 bits per heavy atom. The van der Waals surface area contributed by atoms with Gasteiger partial charge in [0.2, 0.25) is 0 Å². The van der Waals surface area contributed by atoms with Gasteiger partial charge in [-0.2, -0.15) is 0 Å². The van der Waals surface area contributed by atoms with Gasteiger partial charge in [0.25, 0.3) is 5.91 Å². The fourth-order valence-corrected chi connectivity index (χ4v) is 4.81. The van der Waals surface area contributed by atoms with Crippen molar-refractivity contribution in [1.29, 1.82) is 0 Å². The van der Waals surface area contributed by atoms with Crippen molar-refractivity contribution in [2.24, 2.45) is 0 Å². The van der Waals surface area contributed by atoms with Crippen LogP contribution in [0.25, 0.3) is 6.08 Å². The normalized spacial score (nSPS) is 14.7. The zero-order valence-corrected chi connectivity index (χ0v) is 21.5. The number of ether oxygens (including phenoxy) is 3. The molecule has 0 spiro atoms. The minimum atomic E-state index is -0.187. The molecule has 0 saturated carbocycles. The Morgan fingerprint density at radius 2 is 1.60 bits per heavy atom. The number of thioether (sulfide) groups is 1. The van der Waals surface area contributed by atoms with Gasteiger partial charge in [0.15, 0.2) is 11.5 Å². The Morgan fingerprint density at radius 1 is 0.914 bits per heavy atom. The number of carbonyl (C=O) groups is 1. The van der Waals surface area contributed by atoms with E-state index in [1.54, 1.807) is 13.2 Å². The number of hydrogen-bond acceptors (Lipinski definition) is 6. The van der Waals surface area contributed by atoms with Crippen LogP contribution in [-0.4, -0.2) is 30.6 Å². The van der Waals surface area contributed by atoms with Crippen LogP contribution < -0.4 is 19.5 Å². The topological polar surface area (TPSA) is 56.8 Å². The molecule has 0 atom stereocenters. The molecule has 5 nitrogen and oxygen atoms in total. The van der Waals surface area contributed by atoms with Crippen LogP contribution in [0, 0.1) is 0 Å². The summed E-state index contributed by atoms with van der Waals surface area (Å²) in [5.74, 6) is 1.79. The lowest BCUT2D eigenvalue weighted by Crippen LogP contribution is -2.18. The van der Waals surface area contributed by atoms with E-state index in [-0.39, 0.29) is 11.3 Å².